The number of thioether (sulfide) groups is 1. The Balaban J connectivity index is 2.86. The van der Waals surface area contributed by atoms with E-state index in [4.69, 9.17) is 0 Å². The summed E-state index contributed by atoms with van der Waals surface area (Å²) in [5.41, 5.74) is 1.15. The van der Waals surface area contributed by atoms with Gasteiger partial charge in [0.15, 0.2) is 0 Å². The Labute approximate surface area is 96.1 Å². The minimum Gasteiger partial charge on any atom is -0.370 e. The standard InChI is InChI=1S/C11H19N3S/c1-4-6-9-7-10(12-5-2)14-11(13-9)8-15-3/h7H,4-6,8H2,1-3H3,(H,12,13,14). The lowest BCUT2D eigenvalue weighted by Crippen LogP contribution is -2.05. The quantitative estimate of drug-likeness (QED) is 0.808. The number of nitrogens with one attached hydrogen (secondary N) is 1. The molecule has 0 radical (unpaired) electrons. The first-order chi connectivity index (χ1) is 7.30. The second kappa shape index (κ2) is 6.67. The van der Waals surface area contributed by atoms with Gasteiger partial charge in [-0.2, -0.15) is 11.8 Å². The van der Waals surface area contributed by atoms with Gasteiger partial charge in [-0.1, -0.05) is 13.3 Å². The molecule has 0 aliphatic carbocycles. The van der Waals surface area contributed by atoms with Gasteiger partial charge < -0.3 is 5.32 Å². The lowest BCUT2D eigenvalue weighted by molar-refractivity contribution is 0.853. The number of aryl methyl sites for hydroxylation is 1. The topological polar surface area (TPSA) is 37.8 Å². The third kappa shape index (κ3) is 4.08. The minimum atomic E-state index is 0.885. The monoisotopic (exact) mass is 225 g/mol. The van der Waals surface area contributed by atoms with Crippen LogP contribution < -0.4 is 5.32 Å². The summed E-state index contributed by atoms with van der Waals surface area (Å²) < 4.78 is 0. The van der Waals surface area contributed by atoms with Crippen LogP contribution in [0, 0.1) is 0 Å². The van der Waals surface area contributed by atoms with Crippen LogP contribution in [0.25, 0.3) is 0 Å². The highest BCUT2D eigenvalue weighted by Gasteiger charge is 2.03. The molecular formula is C11H19N3S. The van der Waals surface area contributed by atoms with E-state index >= 15 is 0 Å². The third-order valence-corrected chi connectivity index (χ3v) is 2.51. The number of nitrogens with zero attached hydrogens (tertiary/aromatic N) is 2. The maximum Gasteiger partial charge on any atom is 0.140 e. The Bertz CT molecular complexity index is 242. The van der Waals surface area contributed by atoms with Crippen LogP contribution in [-0.4, -0.2) is 22.8 Å². The normalized spacial score (nSPS) is 10.3. The number of aromatic nitrogens is 2. The van der Waals surface area contributed by atoms with Crippen LogP contribution in [0.5, 0.6) is 0 Å². The Morgan fingerprint density at radius 2 is 2.13 bits per heavy atom. The molecule has 0 unspecified atom stereocenters. The fourth-order valence-electron chi connectivity index (χ4n) is 1.40. The highest BCUT2D eigenvalue weighted by Crippen LogP contribution is 2.12. The second-order valence-electron chi connectivity index (χ2n) is 3.37. The molecule has 0 saturated heterocycles. The molecule has 0 aliphatic rings. The van der Waals surface area contributed by atoms with Gasteiger partial charge in [0, 0.05) is 18.3 Å². The minimum absolute atomic E-state index is 0.885. The number of hydrogen-bond acceptors (Lipinski definition) is 4. The molecule has 1 N–H and O–H groups in total. The molecule has 0 aliphatic heterocycles. The molecule has 0 aromatic carbocycles. The number of hydrogen-bond donors (Lipinski definition) is 1. The van der Waals surface area contributed by atoms with Crippen molar-refractivity contribution in [1.82, 2.24) is 9.97 Å². The van der Waals surface area contributed by atoms with E-state index in [-0.39, 0.29) is 0 Å². The summed E-state index contributed by atoms with van der Waals surface area (Å²) in [7, 11) is 0. The molecule has 0 atom stereocenters. The van der Waals surface area contributed by atoms with Crippen molar-refractivity contribution in [1.29, 1.82) is 0 Å². The van der Waals surface area contributed by atoms with Crippen LogP contribution in [0.2, 0.25) is 0 Å². The lowest BCUT2D eigenvalue weighted by Gasteiger charge is -2.07. The van der Waals surface area contributed by atoms with Gasteiger partial charge in [-0.25, -0.2) is 9.97 Å². The second-order valence-corrected chi connectivity index (χ2v) is 4.24. The molecule has 0 spiro atoms. The fourth-order valence-corrected chi connectivity index (χ4v) is 1.79. The summed E-state index contributed by atoms with van der Waals surface area (Å²) >= 11 is 1.76. The van der Waals surface area contributed by atoms with Crippen molar-refractivity contribution < 1.29 is 0 Å². The van der Waals surface area contributed by atoms with E-state index in [9.17, 15) is 0 Å². The molecule has 0 bridgehead atoms. The van der Waals surface area contributed by atoms with Crippen molar-refractivity contribution in [3.63, 3.8) is 0 Å². The smallest absolute Gasteiger partial charge is 0.140 e. The van der Waals surface area contributed by atoms with E-state index in [0.717, 1.165) is 42.5 Å². The molecule has 1 aromatic rings. The summed E-state index contributed by atoms with van der Waals surface area (Å²) in [6.07, 6.45) is 4.23. The first kappa shape index (κ1) is 12.3. The zero-order chi connectivity index (χ0) is 11.1. The first-order valence-electron chi connectivity index (χ1n) is 5.39. The average molecular weight is 225 g/mol. The highest BCUT2D eigenvalue weighted by molar-refractivity contribution is 7.97. The molecule has 84 valence electrons. The van der Waals surface area contributed by atoms with Crippen LogP contribution in [-0.2, 0) is 12.2 Å². The maximum atomic E-state index is 4.52. The largest absolute Gasteiger partial charge is 0.370 e. The molecule has 1 aromatic heterocycles. The lowest BCUT2D eigenvalue weighted by atomic mass is 10.2. The molecule has 15 heavy (non-hydrogen) atoms. The van der Waals surface area contributed by atoms with Gasteiger partial charge >= 0.3 is 0 Å². The summed E-state index contributed by atoms with van der Waals surface area (Å²) in [5, 5.41) is 3.24. The van der Waals surface area contributed by atoms with E-state index < -0.39 is 0 Å². The molecule has 0 amide bonds. The molecule has 1 heterocycles. The van der Waals surface area contributed by atoms with E-state index in [1.807, 2.05) is 0 Å². The SMILES string of the molecule is CCCc1cc(NCC)nc(CSC)n1. The van der Waals surface area contributed by atoms with Gasteiger partial charge in [0.05, 0.1) is 5.75 Å². The zero-order valence-electron chi connectivity index (χ0n) is 9.71. The Hall–Kier alpha value is -0.770. The van der Waals surface area contributed by atoms with E-state index in [2.05, 4.69) is 41.5 Å². The van der Waals surface area contributed by atoms with Gasteiger partial charge in [0.2, 0.25) is 0 Å². The molecule has 0 saturated carbocycles. The summed E-state index contributed by atoms with van der Waals surface area (Å²) in [6, 6.07) is 2.05. The number of anilines is 1. The van der Waals surface area contributed by atoms with Gasteiger partial charge in [-0.3, -0.25) is 0 Å². The van der Waals surface area contributed by atoms with Crippen molar-refractivity contribution in [2.24, 2.45) is 0 Å². The average Bonchev–Trinajstić information content (AvgIpc) is 2.19. The molecular weight excluding hydrogens is 206 g/mol. The molecule has 0 fully saturated rings. The summed E-state index contributed by atoms with van der Waals surface area (Å²) in [6.45, 7) is 5.15. The molecule has 4 heteroatoms. The van der Waals surface area contributed by atoms with E-state index in [1.165, 1.54) is 0 Å². The van der Waals surface area contributed by atoms with E-state index in [1.54, 1.807) is 11.8 Å². The number of rotatable bonds is 6. The Kier molecular flexibility index (Phi) is 5.47. The van der Waals surface area contributed by atoms with Crippen LogP contribution in [0.3, 0.4) is 0 Å². The van der Waals surface area contributed by atoms with Gasteiger partial charge in [0.25, 0.3) is 0 Å². The van der Waals surface area contributed by atoms with Crippen molar-refractivity contribution in [2.75, 3.05) is 18.1 Å². The Morgan fingerprint density at radius 3 is 2.73 bits per heavy atom. The van der Waals surface area contributed by atoms with Gasteiger partial charge in [0.1, 0.15) is 11.6 Å². The van der Waals surface area contributed by atoms with Crippen molar-refractivity contribution in [3.8, 4) is 0 Å². The summed E-state index contributed by atoms with van der Waals surface area (Å²) in [5.74, 6) is 2.78. The fraction of sp³-hybridized carbons (Fsp3) is 0.636. The van der Waals surface area contributed by atoms with Crippen LogP contribution in [0.15, 0.2) is 6.07 Å². The Morgan fingerprint density at radius 1 is 1.33 bits per heavy atom. The van der Waals surface area contributed by atoms with Crippen LogP contribution in [0.1, 0.15) is 31.8 Å². The van der Waals surface area contributed by atoms with Crippen molar-refractivity contribution in [2.45, 2.75) is 32.4 Å². The predicted octanol–water partition coefficient (Wildman–Crippen LogP) is 2.72. The highest BCUT2D eigenvalue weighted by atomic mass is 32.2. The van der Waals surface area contributed by atoms with Crippen molar-refractivity contribution >= 4 is 17.6 Å². The van der Waals surface area contributed by atoms with Crippen LogP contribution in [0.4, 0.5) is 5.82 Å². The van der Waals surface area contributed by atoms with Crippen molar-refractivity contribution in [3.05, 3.63) is 17.6 Å². The third-order valence-electron chi connectivity index (χ3n) is 1.96. The first-order valence-corrected chi connectivity index (χ1v) is 6.79. The van der Waals surface area contributed by atoms with Crippen LogP contribution >= 0.6 is 11.8 Å². The molecule has 3 nitrogen and oxygen atoms in total. The maximum absolute atomic E-state index is 4.52. The van der Waals surface area contributed by atoms with E-state index in [0.29, 0.717) is 0 Å². The van der Waals surface area contributed by atoms with Gasteiger partial charge in [-0.05, 0) is 19.6 Å². The summed E-state index contributed by atoms with van der Waals surface area (Å²) in [4.78, 5) is 8.98. The van der Waals surface area contributed by atoms with Gasteiger partial charge in [-0.15, -0.1) is 0 Å². The molecule has 1 rings (SSSR count). The predicted molar refractivity (Wildman–Crippen MR) is 67.4 cm³/mol. The zero-order valence-corrected chi connectivity index (χ0v) is 10.5.